The monoisotopic (exact) mass is 487 g/mol. The van der Waals surface area contributed by atoms with Crippen LogP contribution >= 0.6 is 12.3 Å². The van der Waals surface area contributed by atoms with Gasteiger partial charge in [-0.05, 0) is 62.3 Å². The third-order valence-corrected chi connectivity index (χ3v) is 7.39. The summed E-state index contributed by atoms with van der Waals surface area (Å²) in [6.45, 7) is 9.09. The molecule has 0 radical (unpaired) electrons. The maximum absolute atomic E-state index is 13.4. The molecule has 2 aromatic rings. The normalized spacial score (nSPS) is 19.9. The molecule has 1 aromatic carbocycles. The lowest BCUT2D eigenvalue weighted by Gasteiger charge is -2.33. The first-order chi connectivity index (χ1) is 16.4. The van der Waals surface area contributed by atoms with E-state index in [9.17, 15) is 8.68 Å². The second-order valence-electron chi connectivity index (χ2n) is 9.29. The quantitative estimate of drug-likeness (QED) is 0.542. The fourth-order valence-electron chi connectivity index (χ4n) is 4.74. The van der Waals surface area contributed by atoms with Crippen molar-refractivity contribution in [1.82, 2.24) is 14.1 Å². The van der Waals surface area contributed by atoms with Gasteiger partial charge in [-0.2, -0.15) is 9.19 Å². The molecule has 0 spiro atoms. The van der Waals surface area contributed by atoms with Gasteiger partial charge in [-0.1, -0.05) is 13.8 Å². The number of fused-ring (bicyclic) bond motifs is 1. The van der Waals surface area contributed by atoms with Crippen LogP contribution in [-0.4, -0.2) is 65.6 Å². The van der Waals surface area contributed by atoms with Gasteiger partial charge < -0.3 is 9.64 Å². The predicted molar refractivity (Wildman–Crippen MR) is 136 cm³/mol. The Morgan fingerprint density at radius 3 is 2.85 bits per heavy atom. The molecule has 1 saturated heterocycles. The molecule has 0 N–H and O–H groups in total. The van der Waals surface area contributed by atoms with Crippen molar-refractivity contribution in [1.29, 1.82) is 0 Å². The molecule has 1 aliphatic heterocycles. The Morgan fingerprint density at radius 1 is 1.38 bits per heavy atom. The number of aliphatic imine (C=N–C) groups is 1. The summed E-state index contributed by atoms with van der Waals surface area (Å²) in [7, 11) is 1.82. The molecule has 184 valence electrons. The van der Waals surface area contributed by atoms with E-state index in [2.05, 4.69) is 23.8 Å². The van der Waals surface area contributed by atoms with Gasteiger partial charge in [0.2, 0.25) is 5.91 Å². The van der Waals surface area contributed by atoms with Crippen molar-refractivity contribution >= 4 is 35.8 Å². The largest absolute Gasteiger partial charge is 0.379 e. The minimum Gasteiger partial charge on any atom is -0.379 e. The van der Waals surface area contributed by atoms with Gasteiger partial charge in [0.05, 0.1) is 36.9 Å². The van der Waals surface area contributed by atoms with Crippen LogP contribution in [0.2, 0.25) is 0 Å². The first-order valence-electron chi connectivity index (χ1n) is 12.1. The minimum absolute atomic E-state index is 0.0480. The Morgan fingerprint density at radius 2 is 2.15 bits per heavy atom. The van der Waals surface area contributed by atoms with Crippen LogP contribution in [0.5, 0.6) is 0 Å². The number of carbonyl (C=O) groups excluding carboxylic acids is 1. The maximum atomic E-state index is 13.4. The number of amides is 1. The van der Waals surface area contributed by atoms with E-state index in [0.717, 1.165) is 72.7 Å². The standard InChI is InChI=1S/C25H34FN5O2S/c1-5-19-13-20(27-16-23-22-12-17(2)6-7-24(22)31(28-23)34-26)15-21(14-19)29(4)25(32)18(3)30-8-10-33-11-9-30/h13-18H,5-12H2,1-4H3/t17-,18?/m0/s1. The van der Waals surface area contributed by atoms with Crippen molar-refractivity contribution in [2.75, 3.05) is 38.3 Å². The maximum Gasteiger partial charge on any atom is 0.243 e. The number of benzene rings is 1. The number of morpholine rings is 1. The molecule has 4 rings (SSSR count). The van der Waals surface area contributed by atoms with Gasteiger partial charge in [0.1, 0.15) is 5.69 Å². The van der Waals surface area contributed by atoms with Crippen molar-refractivity contribution in [2.45, 2.75) is 52.5 Å². The number of nitrogens with zero attached hydrogens (tertiary/aromatic N) is 5. The minimum atomic E-state index is -0.221. The molecule has 2 aliphatic rings. The highest BCUT2D eigenvalue weighted by atomic mass is 32.2. The van der Waals surface area contributed by atoms with Crippen molar-refractivity contribution < 1.29 is 13.4 Å². The van der Waals surface area contributed by atoms with Crippen LogP contribution in [0.4, 0.5) is 15.3 Å². The zero-order valence-corrected chi connectivity index (χ0v) is 21.3. The molecule has 0 bridgehead atoms. The van der Waals surface area contributed by atoms with E-state index in [1.165, 1.54) is 4.09 Å². The van der Waals surface area contributed by atoms with Crippen molar-refractivity contribution in [3.8, 4) is 0 Å². The van der Waals surface area contributed by atoms with E-state index in [4.69, 9.17) is 9.73 Å². The van der Waals surface area contributed by atoms with Crippen molar-refractivity contribution in [2.24, 2.45) is 10.9 Å². The molecule has 34 heavy (non-hydrogen) atoms. The predicted octanol–water partition coefficient (Wildman–Crippen LogP) is 4.39. The number of ether oxygens (including phenoxy) is 1. The van der Waals surface area contributed by atoms with Crippen LogP contribution in [0.25, 0.3) is 0 Å². The van der Waals surface area contributed by atoms with Crippen LogP contribution in [0.1, 0.15) is 49.7 Å². The first kappa shape index (κ1) is 24.9. The van der Waals surface area contributed by atoms with Gasteiger partial charge in [-0.3, -0.25) is 14.7 Å². The highest BCUT2D eigenvalue weighted by Crippen LogP contribution is 2.31. The number of likely N-dealkylation sites (N-methyl/N-ethyl adjacent to an activating group) is 1. The smallest absolute Gasteiger partial charge is 0.243 e. The molecule has 7 nitrogen and oxygen atoms in total. The highest BCUT2D eigenvalue weighted by molar-refractivity contribution is 7.92. The number of aryl methyl sites for hydroxylation is 1. The average Bonchev–Trinajstić information content (AvgIpc) is 3.23. The molecular weight excluding hydrogens is 453 g/mol. The second-order valence-corrected chi connectivity index (χ2v) is 9.78. The van der Waals surface area contributed by atoms with Gasteiger partial charge in [-0.25, -0.2) is 0 Å². The first-order valence-corrected chi connectivity index (χ1v) is 12.8. The molecule has 9 heteroatoms. The summed E-state index contributed by atoms with van der Waals surface area (Å²) >= 11 is 0.145. The summed E-state index contributed by atoms with van der Waals surface area (Å²) in [4.78, 5) is 21.8. The van der Waals surface area contributed by atoms with E-state index < -0.39 is 0 Å². The summed E-state index contributed by atoms with van der Waals surface area (Å²) in [5.74, 6) is 0.594. The van der Waals surface area contributed by atoms with Gasteiger partial charge in [0.15, 0.2) is 12.3 Å². The Kier molecular flexibility index (Phi) is 8.06. The number of rotatable bonds is 7. The summed E-state index contributed by atoms with van der Waals surface area (Å²) in [5, 5.41) is 4.44. The van der Waals surface area contributed by atoms with Gasteiger partial charge >= 0.3 is 0 Å². The number of hydrogen-bond acceptors (Lipinski definition) is 6. The third-order valence-electron chi connectivity index (χ3n) is 6.95. The lowest BCUT2D eigenvalue weighted by molar-refractivity contribution is -0.124. The Balaban J connectivity index is 1.58. The zero-order chi connectivity index (χ0) is 24.2. The summed E-state index contributed by atoms with van der Waals surface area (Å²) in [5.41, 5.74) is 5.44. The van der Waals surface area contributed by atoms with Crippen LogP contribution in [0.3, 0.4) is 0 Å². The zero-order valence-electron chi connectivity index (χ0n) is 20.5. The molecule has 1 aromatic heterocycles. The number of anilines is 1. The third kappa shape index (κ3) is 5.37. The van der Waals surface area contributed by atoms with Crippen LogP contribution in [0.15, 0.2) is 23.2 Å². The SMILES string of the molecule is CCc1cc(N=Cc2nn(SF)c3c2C[C@@H](C)CC3)cc(N(C)C(=O)C(C)N2CCOCC2)c1. The van der Waals surface area contributed by atoms with Crippen LogP contribution in [-0.2, 0) is 28.8 Å². The number of halogens is 1. The topological polar surface area (TPSA) is 63.0 Å². The molecule has 1 aliphatic carbocycles. The van der Waals surface area contributed by atoms with Crippen molar-refractivity contribution in [3.05, 3.63) is 40.7 Å². The average molecular weight is 488 g/mol. The van der Waals surface area contributed by atoms with Crippen molar-refractivity contribution in [3.63, 3.8) is 0 Å². The van der Waals surface area contributed by atoms with E-state index >= 15 is 0 Å². The van der Waals surface area contributed by atoms with Crippen LogP contribution < -0.4 is 4.90 Å². The van der Waals surface area contributed by atoms with E-state index in [-0.39, 0.29) is 24.3 Å². The Hall–Kier alpha value is -2.23. The van der Waals surface area contributed by atoms with E-state index in [0.29, 0.717) is 19.1 Å². The van der Waals surface area contributed by atoms with Gasteiger partial charge in [0, 0.05) is 31.4 Å². The molecule has 1 amide bonds. The van der Waals surface area contributed by atoms with E-state index in [1.54, 1.807) is 11.1 Å². The Bertz CT molecular complexity index is 1050. The molecule has 2 heterocycles. The van der Waals surface area contributed by atoms with Gasteiger partial charge in [0.25, 0.3) is 0 Å². The summed E-state index contributed by atoms with van der Waals surface area (Å²) < 4.78 is 20.2. The molecular formula is C25H34FN5O2S. The lowest BCUT2D eigenvalue weighted by Crippen LogP contribution is -2.50. The number of aromatic nitrogens is 2. The molecule has 0 saturated carbocycles. The summed E-state index contributed by atoms with van der Waals surface area (Å²) in [6, 6.07) is 5.78. The van der Waals surface area contributed by atoms with E-state index in [1.807, 2.05) is 32.2 Å². The lowest BCUT2D eigenvalue weighted by atomic mass is 9.88. The fourth-order valence-corrected chi connectivity index (χ4v) is 5.14. The van der Waals surface area contributed by atoms with Gasteiger partial charge in [-0.15, -0.1) is 3.89 Å². The fraction of sp³-hybridized carbons (Fsp3) is 0.560. The molecule has 2 atom stereocenters. The molecule has 1 unspecified atom stereocenters. The Labute approximate surface area is 205 Å². The summed E-state index contributed by atoms with van der Waals surface area (Å²) in [6.07, 6.45) is 5.32. The molecule has 1 fully saturated rings. The number of hydrogen-bond donors (Lipinski definition) is 0. The van der Waals surface area contributed by atoms with Crippen LogP contribution in [0, 0.1) is 5.92 Å². The second kappa shape index (κ2) is 11.0. The highest BCUT2D eigenvalue weighted by Gasteiger charge is 2.27. The number of carbonyl (C=O) groups is 1.